The molecule has 0 saturated carbocycles. The van der Waals surface area contributed by atoms with E-state index < -0.39 is 12.6 Å². The Kier molecular flexibility index (Phi) is 5.50. The summed E-state index contributed by atoms with van der Waals surface area (Å²) < 4.78 is 5.23. The summed E-state index contributed by atoms with van der Waals surface area (Å²) >= 11 is 1.11. The van der Waals surface area contributed by atoms with E-state index >= 15 is 0 Å². The number of nitrogens with two attached hydrogens (primary N) is 2. The topological polar surface area (TPSA) is 147 Å². The van der Waals surface area contributed by atoms with E-state index in [4.69, 9.17) is 16.2 Å². The molecule has 1 aromatic rings. The molecule has 1 amide bonds. The number of carboxylic acids is 1. The third kappa shape index (κ3) is 4.63. The molecule has 1 saturated heterocycles. The number of ether oxygens (including phenoxy) is 1. The van der Waals surface area contributed by atoms with Crippen molar-refractivity contribution in [1.29, 1.82) is 0 Å². The van der Waals surface area contributed by atoms with Crippen molar-refractivity contribution >= 4 is 34.3 Å². The highest BCUT2D eigenvalue weighted by molar-refractivity contribution is 7.17. The Morgan fingerprint density at radius 1 is 1.52 bits per heavy atom. The van der Waals surface area contributed by atoms with Gasteiger partial charge in [0.1, 0.15) is 4.88 Å². The molecule has 4 N–H and O–H groups in total. The van der Waals surface area contributed by atoms with Gasteiger partial charge in [-0.3, -0.25) is 4.79 Å². The lowest BCUT2D eigenvalue weighted by Gasteiger charge is -2.32. The highest BCUT2D eigenvalue weighted by Crippen LogP contribution is 2.27. The minimum absolute atomic E-state index is 0.119. The van der Waals surface area contributed by atoms with Crippen LogP contribution in [0.15, 0.2) is 4.99 Å². The van der Waals surface area contributed by atoms with Gasteiger partial charge in [0, 0.05) is 13.1 Å². The maximum Gasteiger partial charge on any atom is 0.266 e. The van der Waals surface area contributed by atoms with Crippen LogP contribution in [0.2, 0.25) is 0 Å². The number of nitrogens with zero attached hydrogens (tertiary/aromatic N) is 3. The molecule has 9 nitrogen and oxygen atoms in total. The van der Waals surface area contributed by atoms with Crippen molar-refractivity contribution in [2.75, 3.05) is 19.7 Å². The molecule has 2 rings (SSSR count). The molecule has 1 fully saturated rings. The number of carbonyl (C=O) groups is 2. The number of likely N-dealkylation sites (tertiary alicyclic amines) is 1. The monoisotopic (exact) mass is 340 g/mol. The van der Waals surface area contributed by atoms with Crippen LogP contribution in [0.5, 0.6) is 0 Å². The Morgan fingerprint density at radius 3 is 2.91 bits per heavy atom. The number of rotatable bonds is 5. The number of guanidine groups is 1. The van der Waals surface area contributed by atoms with Crippen LogP contribution in [0, 0.1) is 6.92 Å². The van der Waals surface area contributed by atoms with E-state index in [0.29, 0.717) is 35.2 Å². The number of thiazole rings is 1. The fourth-order valence-corrected chi connectivity index (χ4v) is 3.25. The number of amides is 1. The van der Waals surface area contributed by atoms with Crippen molar-refractivity contribution < 1.29 is 19.4 Å². The Morgan fingerprint density at radius 2 is 2.26 bits per heavy atom. The molecule has 1 aliphatic heterocycles. The van der Waals surface area contributed by atoms with Crippen molar-refractivity contribution in [3.63, 3.8) is 0 Å². The van der Waals surface area contributed by atoms with E-state index in [-0.39, 0.29) is 18.0 Å². The minimum atomic E-state index is -1.27. The van der Waals surface area contributed by atoms with Crippen LogP contribution in [-0.2, 0) is 9.53 Å². The molecule has 0 bridgehead atoms. The zero-order chi connectivity index (χ0) is 17.0. The van der Waals surface area contributed by atoms with Crippen molar-refractivity contribution in [1.82, 2.24) is 9.88 Å². The Hall–Kier alpha value is -2.20. The molecule has 0 aliphatic carbocycles. The number of aliphatic imine (C=N–C) groups is 1. The number of carbonyl (C=O) groups excluding carboxylic acids is 2. The van der Waals surface area contributed by atoms with Gasteiger partial charge in [0.15, 0.2) is 5.96 Å². The van der Waals surface area contributed by atoms with Gasteiger partial charge in [0.05, 0.1) is 24.4 Å². The molecule has 23 heavy (non-hydrogen) atoms. The predicted octanol–water partition coefficient (Wildman–Crippen LogP) is -1.27. The second-order valence-corrected chi connectivity index (χ2v) is 6.12. The molecule has 1 aromatic heterocycles. The first-order valence-corrected chi connectivity index (χ1v) is 7.86. The van der Waals surface area contributed by atoms with Gasteiger partial charge in [-0.25, -0.2) is 4.98 Å². The zero-order valence-electron chi connectivity index (χ0n) is 12.7. The number of piperidine rings is 1. The molecule has 10 heteroatoms. The summed E-state index contributed by atoms with van der Waals surface area (Å²) in [6.45, 7) is 2.16. The number of hydrogen-bond acceptors (Lipinski definition) is 7. The van der Waals surface area contributed by atoms with E-state index in [1.165, 1.54) is 0 Å². The van der Waals surface area contributed by atoms with Gasteiger partial charge in [0.25, 0.3) is 5.91 Å². The molecule has 126 valence electrons. The Balaban J connectivity index is 2.06. The van der Waals surface area contributed by atoms with Gasteiger partial charge in [-0.15, -0.1) is 0 Å². The standard InChI is InChI=1S/C13H19N5O4S/c1-7-10(23-13(16-7)17-12(14)15)11(21)18-4-2-3-8(5-18)22-6-9(19)20/h8H,2-6H2,1H3,(H,19,20)(H4,14,15,16,17)/p-1. The van der Waals surface area contributed by atoms with E-state index in [0.717, 1.165) is 17.8 Å². The van der Waals surface area contributed by atoms with Crippen LogP contribution in [0.1, 0.15) is 28.2 Å². The molecule has 0 radical (unpaired) electrons. The minimum Gasteiger partial charge on any atom is -0.548 e. The van der Waals surface area contributed by atoms with Crippen molar-refractivity contribution in [2.45, 2.75) is 25.9 Å². The van der Waals surface area contributed by atoms with Gasteiger partial charge in [-0.05, 0) is 19.8 Å². The highest BCUT2D eigenvalue weighted by Gasteiger charge is 2.27. The number of aryl methyl sites for hydroxylation is 1. The van der Waals surface area contributed by atoms with Crippen LogP contribution < -0.4 is 16.6 Å². The number of hydrogen-bond donors (Lipinski definition) is 2. The van der Waals surface area contributed by atoms with E-state index in [1.54, 1.807) is 11.8 Å². The van der Waals surface area contributed by atoms with Crippen molar-refractivity contribution in [2.24, 2.45) is 16.5 Å². The largest absolute Gasteiger partial charge is 0.548 e. The lowest BCUT2D eigenvalue weighted by molar-refractivity contribution is -0.310. The summed E-state index contributed by atoms with van der Waals surface area (Å²) in [7, 11) is 0. The Bertz CT molecular complexity index is 626. The summed E-state index contributed by atoms with van der Waals surface area (Å²) in [5, 5.41) is 10.8. The number of aliphatic carboxylic acids is 1. The molecule has 1 atom stereocenters. The summed E-state index contributed by atoms with van der Waals surface area (Å²) in [5.74, 6) is -1.57. The van der Waals surface area contributed by atoms with Gasteiger partial charge < -0.3 is 31.0 Å². The molecule has 0 aromatic carbocycles. The van der Waals surface area contributed by atoms with Crippen molar-refractivity contribution in [3.05, 3.63) is 10.6 Å². The molecule has 1 unspecified atom stereocenters. The first-order chi connectivity index (χ1) is 10.9. The fraction of sp³-hybridized carbons (Fsp3) is 0.538. The smallest absolute Gasteiger partial charge is 0.266 e. The van der Waals surface area contributed by atoms with Crippen molar-refractivity contribution in [3.8, 4) is 0 Å². The molecular formula is C13H18N5O4S-. The molecule has 0 spiro atoms. The Labute approximate surface area is 137 Å². The molecule has 2 heterocycles. The van der Waals surface area contributed by atoms with E-state index in [2.05, 4.69) is 9.98 Å². The maximum atomic E-state index is 12.6. The van der Waals surface area contributed by atoms with Crippen LogP contribution in [0.3, 0.4) is 0 Å². The van der Waals surface area contributed by atoms with Crippen LogP contribution in [0.25, 0.3) is 0 Å². The third-order valence-corrected chi connectivity index (χ3v) is 4.35. The van der Waals surface area contributed by atoms with Crippen LogP contribution in [-0.4, -0.2) is 53.5 Å². The zero-order valence-corrected chi connectivity index (χ0v) is 13.5. The average molecular weight is 340 g/mol. The first kappa shape index (κ1) is 17.2. The number of aromatic nitrogens is 1. The van der Waals surface area contributed by atoms with Gasteiger partial charge in [-0.2, -0.15) is 4.99 Å². The summed E-state index contributed by atoms with van der Waals surface area (Å²) in [4.78, 5) is 33.2. The summed E-state index contributed by atoms with van der Waals surface area (Å²) in [6, 6.07) is 0. The lowest BCUT2D eigenvalue weighted by atomic mass is 10.1. The second kappa shape index (κ2) is 7.38. The average Bonchev–Trinajstić information content (AvgIpc) is 2.84. The maximum absolute atomic E-state index is 12.6. The van der Waals surface area contributed by atoms with E-state index in [9.17, 15) is 14.7 Å². The first-order valence-electron chi connectivity index (χ1n) is 7.04. The van der Waals surface area contributed by atoms with Gasteiger partial charge in [0.2, 0.25) is 5.13 Å². The normalized spacial score (nSPS) is 17.8. The summed E-state index contributed by atoms with van der Waals surface area (Å²) in [5.41, 5.74) is 11.2. The van der Waals surface area contributed by atoms with E-state index in [1.807, 2.05) is 0 Å². The summed E-state index contributed by atoms with van der Waals surface area (Å²) in [6.07, 6.45) is 1.14. The van der Waals surface area contributed by atoms with Crippen LogP contribution >= 0.6 is 11.3 Å². The predicted molar refractivity (Wildman–Crippen MR) is 82.2 cm³/mol. The molecule has 1 aliphatic rings. The SMILES string of the molecule is Cc1nc(N=C(N)N)sc1C(=O)N1CCCC(OCC(=O)[O-])C1. The van der Waals surface area contributed by atoms with Gasteiger partial charge in [-0.1, -0.05) is 11.3 Å². The molecular weight excluding hydrogens is 322 g/mol. The number of carboxylic acid groups (broad SMARTS) is 1. The van der Waals surface area contributed by atoms with Gasteiger partial charge >= 0.3 is 0 Å². The second-order valence-electron chi connectivity index (χ2n) is 5.15. The fourth-order valence-electron chi connectivity index (χ4n) is 2.33. The lowest BCUT2D eigenvalue weighted by Crippen LogP contribution is -2.44. The highest BCUT2D eigenvalue weighted by atomic mass is 32.1. The van der Waals surface area contributed by atoms with Crippen LogP contribution in [0.4, 0.5) is 5.13 Å². The quantitative estimate of drug-likeness (QED) is 0.501. The third-order valence-electron chi connectivity index (χ3n) is 3.31.